The number of thiophene rings is 1. The second-order valence-electron chi connectivity index (χ2n) is 7.19. The maximum Gasteiger partial charge on any atom is 0.191 e. The molecule has 1 aliphatic heterocycles. The van der Waals surface area contributed by atoms with E-state index in [0.717, 1.165) is 37.3 Å². The lowest BCUT2D eigenvalue weighted by Crippen LogP contribution is -2.49. The fourth-order valence-corrected chi connectivity index (χ4v) is 4.14. The van der Waals surface area contributed by atoms with Crippen LogP contribution in [0.3, 0.4) is 0 Å². The molecule has 2 aliphatic rings. The first-order valence-electron chi connectivity index (χ1n) is 9.70. The van der Waals surface area contributed by atoms with Gasteiger partial charge in [0.1, 0.15) is 5.76 Å². The molecule has 2 N–H and O–H groups in total. The highest BCUT2D eigenvalue weighted by atomic mass is 127. The molecule has 27 heavy (non-hydrogen) atoms. The number of hydrogen-bond donors (Lipinski definition) is 2. The van der Waals surface area contributed by atoms with Crippen molar-refractivity contribution < 1.29 is 4.42 Å². The molecule has 2 fully saturated rings. The lowest BCUT2D eigenvalue weighted by atomic mass is 10.1. The minimum Gasteiger partial charge on any atom is -0.469 e. The Balaban J connectivity index is 0.00000210. The van der Waals surface area contributed by atoms with Crippen LogP contribution in [0.5, 0.6) is 0 Å². The van der Waals surface area contributed by atoms with E-state index in [1.165, 1.54) is 43.6 Å². The smallest absolute Gasteiger partial charge is 0.191 e. The molecule has 2 aromatic rings. The quantitative estimate of drug-likeness (QED) is 0.345. The first-order valence-corrected chi connectivity index (χ1v) is 10.6. The third kappa shape index (κ3) is 6.50. The molecule has 2 aromatic heterocycles. The van der Waals surface area contributed by atoms with Crippen molar-refractivity contribution in [2.24, 2.45) is 4.99 Å². The Morgan fingerprint density at radius 3 is 2.70 bits per heavy atom. The van der Waals surface area contributed by atoms with Gasteiger partial charge in [-0.05, 0) is 49.3 Å². The van der Waals surface area contributed by atoms with Crippen molar-refractivity contribution in [3.63, 3.8) is 0 Å². The van der Waals surface area contributed by atoms with E-state index in [2.05, 4.69) is 33.0 Å². The van der Waals surface area contributed by atoms with Crippen LogP contribution in [0.4, 0.5) is 0 Å². The molecule has 0 bridgehead atoms. The van der Waals surface area contributed by atoms with Crippen LogP contribution in [0.1, 0.15) is 36.3 Å². The molecular weight excluding hydrogens is 471 g/mol. The Labute approximate surface area is 182 Å². The van der Waals surface area contributed by atoms with Gasteiger partial charge < -0.3 is 20.0 Å². The third-order valence-corrected chi connectivity index (χ3v) is 6.01. The van der Waals surface area contributed by atoms with E-state index in [0.29, 0.717) is 6.04 Å². The summed E-state index contributed by atoms with van der Waals surface area (Å²) in [7, 11) is 0. The highest BCUT2D eigenvalue weighted by Gasteiger charge is 2.31. The fraction of sp³-hybridized carbons (Fsp3) is 0.550. The lowest BCUT2D eigenvalue weighted by Gasteiger charge is -2.33. The Bertz CT molecular complexity index is 677. The molecule has 0 spiro atoms. The molecule has 0 aromatic carbocycles. The van der Waals surface area contributed by atoms with Gasteiger partial charge in [0.2, 0.25) is 0 Å². The van der Waals surface area contributed by atoms with Gasteiger partial charge in [-0.25, -0.2) is 4.99 Å². The molecule has 0 amide bonds. The van der Waals surface area contributed by atoms with E-state index >= 15 is 0 Å². The van der Waals surface area contributed by atoms with Crippen molar-refractivity contribution in [1.82, 2.24) is 15.5 Å². The van der Waals surface area contributed by atoms with Gasteiger partial charge in [-0.2, -0.15) is 0 Å². The molecule has 1 aliphatic carbocycles. The summed E-state index contributed by atoms with van der Waals surface area (Å²) in [6.07, 6.45) is 7.81. The number of likely N-dealkylation sites (tertiary alicyclic amines) is 1. The predicted molar refractivity (Wildman–Crippen MR) is 122 cm³/mol. The van der Waals surface area contributed by atoms with E-state index in [4.69, 9.17) is 9.41 Å². The van der Waals surface area contributed by atoms with Gasteiger partial charge in [-0.3, -0.25) is 0 Å². The summed E-state index contributed by atoms with van der Waals surface area (Å²) >= 11 is 1.76. The van der Waals surface area contributed by atoms with Crippen molar-refractivity contribution in [3.05, 3.63) is 46.5 Å². The van der Waals surface area contributed by atoms with Gasteiger partial charge in [-0.1, -0.05) is 6.07 Å². The minimum atomic E-state index is 0. The lowest BCUT2D eigenvalue weighted by molar-refractivity contribution is 0.197. The Morgan fingerprint density at radius 1 is 1.19 bits per heavy atom. The van der Waals surface area contributed by atoms with E-state index in [1.807, 2.05) is 12.1 Å². The van der Waals surface area contributed by atoms with Crippen molar-refractivity contribution in [2.75, 3.05) is 19.6 Å². The summed E-state index contributed by atoms with van der Waals surface area (Å²) in [5.41, 5.74) is 0. The zero-order chi connectivity index (χ0) is 17.6. The largest absolute Gasteiger partial charge is 0.469 e. The highest BCUT2D eigenvalue weighted by Crippen LogP contribution is 2.29. The van der Waals surface area contributed by atoms with Crippen LogP contribution in [0.2, 0.25) is 0 Å². The summed E-state index contributed by atoms with van der Waals surface area (Å²) in [6, 6.07) is 9.58. The first kappa shape index (κ1) is 20.7. The molecule has 1 saturated carbocycles. The monoisotopic (exact) mass is 500 g/mol. The average Bonchev–Trinajstić information content (AvgIpc) is 3.15. The number of nitrogens with one attached hydrogen (secondary N) is 2. The number of furan rings is 1. The van der Waals surface area contributed by atoms with Gasteiger partial charge in [0.25, 0.3) is 0 Å². The maximum absolute atomic E-state index is 5.42. The van der Waals surface area contributed by atoms with E-state index < -0.39 is 0 Å². The molecule has 1 saturated heterocycles. The summed E-state index contributed by atoms with van der Waals surface area (Å²) in [4.78, 5) is 8.76. The summed E-state index contributed by atoms with van der Waals surface area (Å²) in [5, 5.41) is 9.26. The van der Waals surface area contributed by atoms with Crippen LogP contribution in [-0.2, 0) is 13.0 Å². The molecule has 0 radical (unpaired) electrons. The molecule has 3 heterocycles. The molecule has 0 unspecified atom stereocenters. The van der Waals surface area contributed by atoms with Crippen molar-refractivity contribution >= 4 is 41.3 Å². The SMILES string of the molecule is I.c1coc(CCNC(=NCc2cccs2)NC2CCN(C3CC3)CC2)c1. The van der Waals surface area contributed by atoms with Crippen LogP contribution in [0.15, 0.2) is 45.3 Å². The Hall–Kier alpha value is -1.06. The average molecular weight is 500 g/mol. The third-order valence-electron chi connectivity index (χ3n) is 5.15. The van der Waals surface area contributed by atoms with Gasteiger partial charge in [0, 0.05) is 43.0 Å². The number of aliphatic imine (C=N–C) groups is 1. The van der Waals surface area contributed by atoms with Crippen LogP contribution in [-0.4, -0.2) is 42.6 Å². The number of rotatable bonds is 7. The number of guanidine groups is 1. The number of hydrogen-bond acceptors (Lipinski definition) is 4. The van der Waals surface area contributed by atoms with Gasteiger partial charge in [-0.15, -0.1) is 35.3 Å². The van der Waals surface area contributed by atoms with Crippen molar-refractivity contribution in [3.8, 4) is 0 Å². The van der Waals surface area contributed by atoms with E-state index in [-0.39, 0.29) is 24.0 Å². The Kier molecular flexibility index (Phi) is 8.02. The second kappa shape index (κ2) is 10.5. The topological polar surface area (TPSA) is 52.8 Å². The number of halogens is 1. The molecule has 7 heteroatoms. The molecule has 5 nitrogen and oxygen atoms in total. The van der Waals surface area contributed by atoms with Crippen LogP contribution in [0.25, 0.3) is 0 Å². The van der Waals surface area contributed by atoms with Crippen LogP contribution >= 0.6 is 35.3 Å². The standard InChI is InChI=1S/C20H28N4OS.HI/c1-3-18(25-13-1)7-10-21-20(22-15-19-4-2-14-26-19)23-16-8-11-24(12-9-16)17-5-6-17;/h1-4,13-14,16-17H,5-12,15H2,(H2,21,22,23);1H. The summed E-state index contributed by atoms with van der Waals surface area (Å²) in [6.45, 7) is 3.99. The van der Waals surface area contributed by atoms with Gasteiger partial charge in [0.05, 0.1) is 12.8 Å². The van der Waals surface area contributed by atoms with E-state index in [1.54, 1.807) is 17.6 Å². The van der Waals surface area contributed by atoms with Gasteiger partial charge in [0.15, 0.2) is 5.96 Å². The minimum absolute atomic E-state index is 0. The predicted octanol–water partition coefficient (Wildman–Crippen LogP) is 3.86. The van der Waals surface area contributed by atoms with Crippen LogP contribution in [0, 0.1) is 0 Å². The zero-order valence-corrected chi connectivity index (χ0v) is 18.7. The molecule has 148 valence electrons. The molecule has 0 atom stereocenters. The summed E-state index contributed by atoms with van der Waals surface area (Å²) < 4.78 is 5.42. The van der Waals surface area contributed by atoms with Crippen LogP contribution < -0.4 is 10.6 Å². The van der Waals surface area contributed by atoms with Crippen molar-refractivity contribution in [2.45, 2.75) is 50.7 Å². The Morgan fingerprint density at radius 2 is 2.04 bits per heavy atom. The normalized spacial score (nSPS) is 18.9. The second-order valence-corrected chi connectivity index (χ2v) is 8.22. The number of piperidine rings is 1. The maximum atomic E-state index is 5.42. The number of nitrogens with zero attached hydrogens (tertiary/aromatic N) is 2. The molecular formula is C20H29IN4OS. The molecule has 4 rings (SSSR count). The first-order chi connectivity index (χ1) is 12.9. The van der Waals surface area contributed by atoms with Gasteiger partial charge >= 0.3 is 0 Å². The zero-order valence-electron chi connectivity index (χ0n) is 15.6. The summed E-state index contributed by atoms with van der Waals surface area (Å²) in [5.74, 6) is 1.93. The van der Waals surface area contributed by atoms with Crippen molar-refractivity contribution in [1.29, 1.82) is 0 Å². The van der Waals surface area contributed by atoms with E-state index in [9.17, 15) is 0 Å². The highest BCUT2D eigenvalue weighted by molar-refractivity contribution is 14.0. The fourth-order valence-electron chi connectivity index (χ4n) is 3.51.